The van der Waals surface area contributed by atoms with Crippen molar-refractivity contribution in [1.82, 2.24) is 10.2 Å². The van der Waals surface area contributed by atoms with Gasteiger partial charge in [-0.25, -0.2) is 8.42 Å². The number of carbonyl (C=O) groups is 2. The van der Waals surface area contributed by atoms with E-state index in [1.54, 1.807) is 19.9 Å². The maximum atomic E-state index is 13.3. The zero-order chi connectivity index (χ0) is 23.3. The Morgan fingerprint density at radius 3 is 2.39 bits per heavy atom. The van der Waals surface area contributed by atoms with Gasteiger partial charge in [-0.2, -0.15) is 0 Å². The molecule has 2 aromatic rings. The van der Waals surface area contributed by atoms with Gasteiger partial charge in [0, 0.05) is 18.1 Å². The molecule has 0 aromatic heterocycles. The van der Waals surface area contributed by atoms with Crippen LogP contribution < -0.4 is 9.62 Å². The number of nitrogens with zero attached hydrogens (tertiary/aromatic N) is 2. The van der Waals surface area contributed by atoms with Crippen molar-refractivity contribution < 1.29 is 18.0 Å². The summed E-state index contributed by atoms with van der Waals surface area (Å²) in [6.45, 7) is 5.04. The maximum absolute atomic E-state index is 13.3. The lowest BCUT2D eigenvalue weighted by molar-refractivity contribution is -0.139. The number of carbonyl (C=O) groups excluding carboxylic acids is 2. The summed E-state index contributed by atoms with van der Waals surface area (Å²) in [5.41, 5.74) is 2.88. The lowest BCUT2D eigenvalue weighted by Gasteiger charge is -2.31. The molecule has 0 spiro atoms. The van der Waals surface area contributed by atoms with Crippen molar-refractivity contribution in [3.05, 3.63) is 63.6 Å². The third-order valence-electron chi connectivity index (χ3n) is 4.97. The second kappa shape index (κ2) is 10.3. The molecule has 31 heavy (non-hydrogen) atoms. The van der Waals surface area contributed by atoms with Gasteiger partial charge < -0.3 is 10.2 Å². The molecule has 2 amide bonds. The van der Waals surface area contributed by atoms with Gasteiger partial charge in [0.05, 0.1) is 11.9 Å². The number of rotatable bonds is 8. The number of likely N-dealkylation sites (N-methyl/N-ethyl adjacent to an activating group) is 1. The first-order valence-electron chi connectivity index (χ1n) is 9.74. The zero-order valence-electron chi connectivity index (χ0n) is 18.3. The van der Waals surface area contributed by atoms with Crippen LogP contribution >= 0.6 is 15.9 Å². The Bertz CT molecular complexity index is 1070. The molecule has 168 valence electrons. The van der Waals surface area contributed by atoms with Gasteiger partial charge in [-0.1, -0.05) is 40.2 Å². The molecule has 1 atom stereocenters. The molecule has 2 rings (SSSR count). The Morgan fingerprint density at radius 2 is 1.81 bits per heavy atom. The van der Waals surface area contributed by atoms with Gasteiger partial charge >= 0.3 is 0 Å². The molecular weight excluding hydrogens is 482 g/mol. The van der Waals surface area contributed by atoms with Crippen molar-refractivity contribution in [1.29, 1.82) is 0 Å². The molecule has 0 aliphatic rings. The summed E-state index contributed by atoms with van der Waals surface area (Å²) < 4.78 is 27.1. The van der Waals surface area contributed by atoms with Crippen molar-refractivity contribution in [2.24, 2.45) is 0 Å². The Labute approximate surface area is 192 Å². The first kappa shape index (κ1) is 24.9. The van der Waals surface area contributed by atoms with Crippen LogP contribution in [0.4, 0.5) is 5.69 Å². The van der Waals surface area contributed by atoms with Crippen LogP contribution in [0.3, 0.4) is 0 Å². The van der Waals surface area contributed by atoms with Crippen LogP contribution in [0.15, 0.2) is 46.9 Å². The lowest BCUT2D eigenvalue weighted by atomic mass is 10.1. The predicted octanol–water partition coefficient (Wildman–Crippen LogP) is 3.00. The van der Waals surface area contributed by atoms with Crippen LogP contribution in [0.1, 0.15) is 23.6 Å². The quantitative estimate of drug-likeness (QED) is 0.592. The molecule has 9 heteroatoms. The minimum Gasteiger partial charge on any atom is -0.357 e. The number of aryl methyl sites for hydroxylation is 2. The lowest BCUT2D eigenvalue weighted by Crippen LogP contribution is -2.50. The number of halogens is 1. The van der Waals surface area contributed by atoms with Gasteiger partial charge in [0.15, 0.2) is 0 Å². The second-order valence-corrected chi connectivity index (χ2v) is 10.3. The molecular formula is C22H28BrN3O4S. The Kier molecular flexibility index (Phi) is 8.25. The minimum absolute atomic E-state index is 0.164. The first-order valence-corrected chi connectivity index (χ1v) is 12.4. The summed E-state index contributed by atoms with van der Waals surface area (Å²) >= 11 is 3.41. The van der Waals surface area contributed by atoms with Crippen molar-refractivity contribution in [3.8, 4) is 0 Å². The van der Waals surface area contributed by atoms with Gasteiger partial charge in [-0.15, -0.1) is 0 Å². The smallest absolute Gasteiger partial charge is 0.244 e. The average Bonchev–Trinajstić information content (AvgIpc) is 2.70. The Hall–Kier alpha value is -2.39. The summed E-state index contributed by atoms with van der Waals surface area (Å²) in [4.78, 5) is 27.1. The molecule has 0 aliphatic carbocycles. The van der Waals surface area contributed by atoms with Gasteiger partial charge in [-0.05, 0) is 55.7 Å². The van der Waals surface area contributed by atoms with Crippen molar-refractivity contribution in [2.75, 3.05) is 24.2 Å². The molecule has 0 heterocycles. The third kappa shape index (κ3) is 6.54. The first-order chi connectivity index (χ1) is 14.4. The molecule has 0 unspecified atom stereocenters. The van der Waals surface area contributed by atoms with E-state index in [1.165, 1.54) is 11.9 Å². The average molecular weight is 510 g/mol. The summed E-state index contributed by atoms with van der Waals surface area (Å²) in [6, 6.07) is 12.1. The molecule has 1 N–H and O–H groups in total. The van der Waals surface area contributed by atoms with Crippen molar-refractivity contribution in [3.63, 3.8) is 0 Å². The van der Waals surface area contributed by atoms with E-state index < -0.39 is 28.5 Å². The predicted molar refractivity (Wildman–Crippen MR) is 126 cm³/mol. The summed E-state index contributed by atoms with van der Waals surface area (Å²) in [5.74, 6) is -0.802. The molecule has 0 saturated heterocycles. The molecule has 0 aliphatic heterocycles. The van der Waals surface area contributed by atoms with E-state index in [0.717, 1.165) is 31.7 Å². The van der Waals surface area contributed by atoms with E-state index in [0.29, 0.717) is 5.69 Å². The van der Waals surface area contributed by atoms with Crippen LogP contribution in [0, 0.1) is 13.8 Å². The summed E-state index contributed by atoms with van der Waals surface area (Å²) in [7, 11) is -2.24. The highest BCUT2D eigenvalue weighted by atomic mass is 79.9. The van der Waals surface area contributed by atoms with Gasteiger partial charge in [0.2, 0.25) is 21.8 Å². The Balaban J connectivity index is 2.43. The molecule has 0 fully saturated rings. The summed E-state index contributed by atoms with van der Waals surface area (Å²) in [6.07, 6.45) is 1.07. The van der Waals surface area contributed by atoms with Crippen LogP contribution in [0.5, 0.6) is 0 Å². The highest BCUT2D eigenvalue weighted by molar-refractivity contribution is 9.10. The second-order valence-electron chi connectivity index (χ2n) is 7.50. The fraction of sp³-hybridized carbons (Fsp3) is 0.364. The number of amides is 2. The van der Waals surface area contributed by atoms with E-state index in [1.807, 2.05) is 43.3 Å². The van der Waals surface area contributed by atoms with Crippen LogP contribution in [-0.2, 0) is 26.2 Å². The monoisotopic (exact) mass is 509 g/mol. The number of anilines is 1. The normalized spacial score (nSPS) is 12.2. The SMILES string of the molecule is CNC(=O)[C@H](C)N(Cc1cccc(Br)c1)C(=O)CN(c1cc(C)ccc1C)S(C)(=O)=O. The number of sulfonamides is 1. The zero-order valence-corrected chi connectivity index (χ0v) is 20.7. The van der Waals surface area contributed by atoms with E-state index in [2.05, 4.69) is 21.2 Å². The fourth-order valence-corrected chi connectivity index (χ4v) is 4.55. The van der Waals surface area contributed by atoms with E-state index in [4.69, 9.17) is 0 Å². The van der Waals surface area contributed by atoms with Gasteiger partial charge in [0.1, 0.15) is 12.6 Å². The van der Waals surface area contributed by atoms with Gasteiger partial charge in [0.25, 0.3) is 0 Å². The maximum Gasteiger partial charge on any atom is 0.244 e. The van der Waals surface area contributed by atoms with Crippen molar-refractivity contribution in [2.45, 2.75) is 33.4 Å². The highest BCUT2D eigenvalue weighted by Crippen LogP contribution is 2.24. The van der Waals surface area contributed by atoms with Crippen LogP contribution in [0.25, 0.3) is 0 Å². The van der Waals surface area contributed by atoms with E-state index >= 15 is 0 Å². The fourth-order valence-electron chi connectivity index (χ4n) is 3.21. The molecule has 0 bridgehead atoms. The van der Waals surface area contributed by atoms with E-state index in [-0.39, 0.29) is 12.5 Å². The standard InChI is InChI=1S/C22H28BrN3O4S/c1-15-9-10-16(2)20(11-15)26(31(5,29)30)14-21(27)25(17(3)22(28)24-4)13-18-7-6-8-19(23)12-18/h6-12,17H,13-14H2,1-5H3,(H,24,28)/t17-/m0/s1. The number of hydrogen-bond donors (Lipinski definition) is 1. The summed E-state index contributed by atoms with van der Waals surface area (Å²) in [5, 5.41) is 2.56. The van der Waals surface area contributed by atoms with Crippen molar-refractivity contribution >= 4 is 43.5 Å². The van der Waals surface area contributed by atoms with Crippen LogP contribution in [-0.4, -0.2) is 51.0 Å². The highest BCUT2D eigenvalue weighted by Gasteiger charge is 2.30. The minimum atomic E-state index is -3.74. The molecule has 7 nitrogen and oxygen atoms in total. The van der Waals surface area contributed by atoms with Gasteiger partial charge in [-0.3, -0.25) is 13.9 Å². The number of hydrogen-bond acceptors (Lipinski definition) is 4. The topological polar surface area (TPSA) is 86.8 Å². The number of benzene rings is 2. The number of nitrogens with one attached hydrogen (secondary N) is 1. The molecule has 0 radical (unpaired) electrons. The Morgan fingerprint density at radius 1 is 1.13 bits per heavy atom. The largest absolute Gasteiger partial charge is 0.357 e. The molecule has 2 aromatic carbocycles. The molecule has 0 saturated carbocycles. The third-order valence-corrected chi connectivity index (χ3v) is 6.59. The van der Waals surface area contributed by atoms with Crippen LogP contribution in [0.2, 0.25) is 0 Å². The van der Waals surface area contributed by atoms with E-state index in [9.17, 15) is 18.0 Å².